The third-order valence-electron chi connectivity index (χ3n) is 8.21. The van der Waals surface area contributed by atoms with Crippen LogP contribution >= 0.6 is 23.2 Å². The molecule has 1 saturated carbocycles. The minimum absolute atomic E-state index is 0.0546. The van der Waals surface area contributed by atoms with Crippen LogP contribution in [0.5, 0.6) is 0 Å². The van der Waals surface area contributed by atoms with Crippen molar-refractivity contribution in [1.29, 1.82) is 0 Å². The van der Waals surface area contributed by atoms with Crippen LogP contribution in [0, 0.1) is 0 Å². The molecule has 2 aromatic rings. The Labute approximate surface area is 233 Å². The Kier molecular flexibility index (Phi) is 8.26. The van der Waals surface area contributed by atoms with Crippen LogP contribution in [0.2, 0.25) is 10.0 Å². The van der Waals surface area contributed by atoms with Crippen molar-refractivity contribution in [3.8, 4) is 0 Å². The highest BCUT2D eigenvalue weighted by atomic mass is 35.5. The smallest absolute Gasteiger partial charge is 0.337 e. The maximum atomic E-state index is 13.7. The Morgan fingerprint density at radius 3 is 2.16 bits per heavy atom. The van der Waals surface area contributed by atoms with Crippen LogP contribution in [-0.4, -0.2) is 83.9 Å². The maximum absolute atomic E-state index is 13.7. The molecule has 1 aliphatic carbocycles. The van der Waals surface area contributed by atoms with E-state index in [-0.39, 0.29) is 36.4 Å². The van der Waals surface area contributed by atoms with Crippen molar-refractivity contribution in [2.24, 2.45) is 0 Å². The number of hydrogen-bond donors (Lipinski definition) is 0. The Bertz CT molecular complexity index is 1200. The predicted octanol–water partition coefficient (Wildman–Crippen LogP) is 4.69. The molecule has 2 aromatic carbocycles. The highest BCUT2D eigenvalue weighted by molar-refractivity contribution is 6.42. The molecule has 2 aliphatic heterocycles. The van der Waals surface area contributed by atoms with Gasteiger partial charge in [0, 0.05) is 24.7 Å². The Balaban J connectivity index is 1.41. The number of carbonyl (C=O) groups is 3. The van der Waals surface area contributed by atoms with Gasteiger partial charge < -0.3 is 14.5 Å². The number of hydrogen-bond acceptors (Lipinski definition) is 5. The van der Waals surface area contributed by atoms with E-state index in [1.807, 2.05) is 15.9 Å². The van der Waals surface area contributed by atoms with Crippen LogP contribution in [-0.2, 0) is 16.0 Å². The van der Waals surface area contributed by atoms with Crippen LogP contribution in [0.25, 0.3) is 0 Å². The molecular weight excluding hydrogens is 525 g/mol. The number of likely N-dealkylation sites (tertiary alicyclic amines) is 1. The van der Waals surface area contributed by atoms with Gasteiger partial charge in [-0.25, -0.2) is 4.79 Å². The van der Waals surface area contributed by atoms with Gasteiger partial charge >= 0.3 is 5.97 Å². The predicted molar refractivity (Wildman–Crippen MR) is 147 cm³/mol. The van der Waals surface area contributed by atoms with E-state index in [0.29, 0.717) is 34.3 Å². The third-order valence-corrected chi connectivity index (χ3v) is 8.95. The lowest BCUT2D eigenvalue weighted by Gasteiger charge is -2.54. The summed E-state index contributed by atoms with van der Waals surface area (Å²) in [4.78, 5) is 45.8. The summed E-state index contributed by atoms with van der Waals surface area (Å²) in [5.74, 6) is -0.437. The Morgan fingerprint density at radius 1 is 0.816 bits per heavy atom. The number of piperazine rings is 1. The van der Waals surface area contributed by atoms with Gasteiger partial charge in [0.15, 0.2) is 0 Å². The summed E-state index contributed by atoms with van der Waals surface area (Å²) in [7, 11) is 1.34. The van der Waals surface area contributed by atoms with Crippen molar-refractivity contribution in [1.82, 2.24) is 14.7 Å². The molecule has 3 atom stereocenters. The van der Waals surface area contributed by atoms with Gasteiger partial charge in [0.05, 0.1) is 41.2 Å². The number of fused-ring (bicyclic) bond motifs is 1. The number of halogens is 2. The molecule has 0 unspecified atom stereocenters. The summed E-state index contributed by atoms with van der Waals surface area (Å²) in [6.07, 6.45) is 5.48. The quantitative estimate of drug-likeness (QED) is 0.498. The normalized spacial score (nSPS) is 23.7. The van der Waals surface area contributed by atoms with Crippen LogP contribution in [0.4, 0.5) is 0 Å². The summed E-state index contributed by atoms with van der Waals surface area (Å²) < 4.78 is 4.78. The first-order chi connectivity index (χ1) is 18.4. The van der Waals surface area contributed by atoms with Gasteiger partial charge in [-0.05, 0) is 87.2 Å². The molecule has 2 amide bonds. The lowest BCUT2D eigenvalue weighted by Crippen LogP contribution is -2.69. The fraction of sp³-hybridized carbons (Fsp3) is 0.483. The fourth-order valence-electron chi connectivity index (χ4n) is 6.39. The molecule has 0 N–H and O–H groups in total. The molecule has 0 radical (unpaired) electrons. The average molecular weight is 559 g/mol. The molecule has 0 bridgehead atoms. The SMILES string of the molecule is COC(=O)c1ccc(C(=O)N2CCN(C(=O)Cc3ccc(Cl)c(Cl)c3)[C@@H]3[C@@H](N4CCCC4)CCC[C@@H]32)cc1. The van der Waals surface area contributed by atoms with E-state index in [4.69, 9.17) is 27.9 Å². The number of amides is 2. The van der Waals surface area contributed by atoms with E-state index < -0.39 is 5.97 Å². The number of methoxy groups -OCH3 is 1. The van der Waals surface area contributed by atoms with Crippen LogP contribution in [0.1, 0.15) is 58.4 Å². The van der Waals surface area contributed by atoms with Gasteiger partial charge in [-0.1, -0.05) is 29.3 Å². The lowest BCUT2D eigenvalue weighted by molar-refractivity contribution is -0.141. The summed E-state index contributed by atoms with van der Waals surface area (Å²) in [6.45, 7) is 3.02. The van der Waals surface area contributed by atoms with Crippen LogP contribution < -0.4 is 0 Å². The number of benzene rings is 2. The second-order valence-corrected chi connectivity index (χ2v) is 11.2. The molecule has 0 spiro atoms. The lowest BCUT2D eigenvalue weighted by atomic mass is 9.81. The van der Waals surface area contributed by atoms with Gasteiger partial charge in [-0.3, -0.25) is 14.5 Å². The summed E-state index contributed by atoms with van der Waals surface area (Å²) >= 11 is 12.3. The third kappa shape index (κ3) is 5.42. The topological polar surface area (TPSA) is 70.2 Å². The van der Waals surface area contributed by atoms with Crippen molar-refractivity contribution >= 4 is 41.0 Å². The van der Waals surface area contributed by atoms with Crippen LogP contribution in [0.15, 0.2) is 42.5 Å². The summed E-state index contributed by atoms with van der Waals surface area (Å²) in [6, 6.07) is 12.1. The first kappa shape index (κ1) is 27.0. The molecule has 38 heavy (non-hydrogen) atoms. The first-order valence-electron chi connectivity index (χ1n) is 13.3. The number of ether oxygens (including phenoxy) is 1. The molecular formula is C29H33Cl2N3O4. The first-order valence-corrected chi connectivity index (χ1v) is 14.1. The highest BCUT2D eigenvalue weighted by Crippen LogP contribution is 2.36. The monoisotopic (exact) mass is 557 g/mol. The summed E-state index contributed by atoms with van der Waals surface area (Å²) in [5.41, 5.74) is 1.78. The molecule has 7 nitrogen and oxygen atoms in total. The largest absolute Gasteiger partial charge is 0.465 e. The van der Waals surface area contributed by atoms with E-state index in [9.17, 15) is 14.4 Å². The Morgan fingerprint density at radius 2 is 1.47 bits per heavy atom. The van der Waals surface area contributed by atoms with E-state index in [0.717, 1.165) is 37.9 Å². The van der Waals surface area contributed by atoms with Crippen LogP contribution in [0.3, 0.4) is 0 Å². The standard InChI is InChI=1S/C29H33Cl2N3O4/c1-38-29(37)21-10-8-20(9-11-21)28(36)33-15-16-34(26(35)18-19-7-12-22(30)23(31)17-19)27-24(5-4-6-25(27)33)32-13-2-3-14-32/h7-12,17,24-25,27H,2-6,13-16,18H2,1H3/t24-,25-,27+/m0/s1. The van der Waals surface area contributed by atoms with Crippen molar-refractivity contribution in [2.75, 3.05) is 33.3 Å². The van der Waals surface area contributed by atoms with Gasteiger partial charge in [0.1, 0.15) is 0 Å². The van der Waals surface area contributed by atoms with Crippen molar-refractivity contribution in [2.45, 2.75) is 56.7 Å². The molecule has 5 rings (SSSR count). The fourth-order valence-corrected chi connectivity index (χ4v) is 6.71. The van der Waals surface area contributed by atoms with E-state index in [1.54, 1.807) is 36.4 Å². The number of esters is 1. The van der Waals surface area contributed by atoms with Gasteiger partial charge in [0.25, 0.3) is 5.91 Å². The van der Waals surface area contributed by atoms with E-state index >= 15 is 0 Å². The van der Waals surface area contributed by atoms with Gasteiger partial charge in [-0.15, -0.1) is 0 Å². The van der Waals surface area contributed by atoms with E-state index in [2.05, 4.69) is 4.90 Å². The molecule has 3 fully saturated rings. The molecule has 202 valence electrons. The summed E-state index contributed by atoms with van der Waals surface area (Å²) in [5, 5.41) is 0.909. The number of rotatable bonds is 5. The van der Waals surface area contributed by atoms with E-state index in [1.165, 1.54) is 20.0 Å². The number of carbonyl (C=O) groups excluding carboxylic acids is 3. The van der Waals surface area contributed by atoms with Crippen molar-refractivity contribution in [3.63, 3.8) is 0 Å². The zero-order valence-electron chi connectivity index (χ0n) is 21.6. The minimum atomic E-state index is -0.432. The Hall–Kier alpha value is -2.61. The van der Waals surface area contributed by atoms with Crippen molar-refractivity contribution < 1.29 is 19.1 Å². The van der Waals surface area contributed by atoms with Gasteiger partial charge in [-0.2, -0.15) is 0 Å². The molecule has 2 heterocycles. The molecule has 0 aromatic heterocycles. The second-order valence-electron chi connectivity index (χ2n) is 10.4. The highest BCUT2D eigenvalue weighted by Gasteiger charge is 2.48. The maximum Gasteiger partial charge on any atom is 0.337 e. The molecule has 2 saturated heterocycles. The molecule has 3 aliphatic rings. The second kappa shape index (κ2) is 11.6. The average Bonchev–Trinajstić information content (AvgIpc) is 3.48. The van der Waals surface area contributed by atoms with Gasteiger partial charge in [0.2, 0.25) is 5.91 Å². The number of nitrogens with zero attached hydrogens (tertiary/aromatic N) is 3. The zero-order valence-corrected chi connectivity index (χ0v) is 23.1. The van der Waals surface area contributed by atoms with Crippen molar-refractivity contribution in [3.05, 3.63) is 69.2 Å². The molecule has 9 heteroatoms. The zero-order chi connectivity index (χ0) is 26.8. The minimum Gasteiger partial charge on any atom is -0.465 e.